The van der Waals surface area contributed by atoms with Crippen LogP contribution in [0.3, 0.4) is 0 Å². The summed E-state index contributed by atoms with van der Waals surface area (Å²) in [5, 5.41) is 5.89. The minimum absolute atomic E-state index is 0.0994. The molecule has 0 atom stereocenters. The molecule has 2 rings (SSSR count). The first-order chi connectivity index (χ1) is 6.86. The highest BCUT2D eigenvalue weighted by molar-refractivity contribution is 5.79. The average molecular weight is 192 g/mol. The zero-order chi connectivity index (χ0) is 9.80. The van der Waals surface area contributed by atoms with Gasteiger partial charge >= 0.3 is 0 Å². The van der Waals surface area contributed by atoms with Crippen LogP contribution in [0.15, 0.2) is 18.6 Å². The van der Waals surface area contributed by atoms with Crippen molar-refractivity contribution >= 4 is 5.91 Å². The second-order valence-corrected chi connectivity index (χ2v) is 3.27. The van der Waals surface area contributed by atoms with Crippen molar-refractivity contribution in [3.63, 3.8) is 0 Å². The Morgan fingerprint density at radius 1 is 1.64 bits per heavy atom. The van der Waals surface area contributed by atoms with E-state index in [-0.39, 0.29) is 11.8 Å². The summed E-state index contributed by atoms with van der Waals surface area (Å²) in [6.45, 7) is 2.06. The van der Waals surface area contributed by atoms with Gasteiger partial charge in [-0.1, -0.05) is 0 Å². The van der Waals surface area contributed by atoms with Gasteiger partial charge in [0.25, 0.3) is 0 Å². The highest BCUT2D eigenvalue weighted by Gasteiger charge is 2.24. The predicted molar refractivity (Wildman–Crippen MR) is 50.2 cm³/mol. The molecule has 0 bridgehead atoms. The Kier molecular flexibility index (Phi) is 2.69. The molecule has 0 saturated carbocycles. The van der Waals surface area contributed by atoms with E-state index in [1.54, 1.807) is 12.3 Å². The number of rotatable bonds is 3. The third-order valence-electron chi connectivity index (χ3n) is 2.24. The molecule has 5 nitrogen and oxygen atoms in total. The summed E-state index contributed by atoms with van der Waals surface area (Å²) >= 11 is 0. The van der Waals surface area contributed by atoms with E-state index < -0.39 is 0 Å². The number of hydrogen-bond donors (Lipinski definition) is 2. The number of aromatic nitrogens is 2. The second-order valence-electron chi connectivity index (χ2n) is 3.27. The molecule has 1 amide bonds. The van der Waals surface area contributed by atoms with Crippen LogP contribution in [0.5, 0.6) is 0 Å². The van der Waals surface area contributed by atoms with Crippen molar-refractivity contribution < 1.29 is 4.79 Å². The minimum atomic E-state index is 0.0994. The molecule has 1 fully saturated rings. The van der Waals surface area contributed by atoms with Gasteiger partial charge in [0.2, 0.25) is 5.91 Å². The van der Waals surface area contributed by atoms with E-state index in [1.165, 1.54) is 6.33 Å². The average Bonchev–Trinajstić information content (AvgIpc) is 2.14. The molecule has 5 heteroatoms. The van der Waals surface area contributed by atoms with Crippen LogP contribution in [-0.4, -0.2) is 29.0 Å². The van der Waals surface area contributed by atoms with Crippen molar-refractivity contribution in [1.29, 1.82) is 0 Å². The highest BCUT2D eigenvalue weighted by atomic mass is 16.2. The number of hydrogen-bond acceptors (Lipinski definition) is 4. The van der Waals surface area contributed by atoms with Gasteiger partial charge in [-0.2, -0.15) is 0 Å². The molecule has 0 radical (unpaired) electrons. The van der Waals surface area contributed by atoms with Gasteiger partial charge in [-0.15, -0.1) is 0 Å². The summed E-state index contributed by atoms with van der Waals surface area (Å²) in [7, 11) is 0. The number of nitrogens with zero attached hydrogens (tertiary/aromatic N) is 2. The largest absolute Gasteiger partial charge is 0.350 e. The predicted octanol–water partition coefficient (Wildman–Crippen LogP) is -0.688. The first kappa shape index (κ1) is 9.08. The summed E-state index contributed by atoms with van der Waals surface area (Å²) in [5.41, 5.74) is 0.834. The van der Waals surface area contributed by atoms with Gasteiger partial charge in [0.05, 0.1) is 18.2 Å². The van der Waals surface area contributed by atoms with Crippen molar-refractivity contribution in [2.24, 2.45) is 5.92 Å². The van der Waals surface area contributed by atoms with Crippen molar-refractivity contribution in [1.82, 2.24) is 20.6 Å². The van der Waals surface area contributed by atoms with Crippen molar-refractivity contribution in [3.8, 4) is 0 Å². The van der Waals surface area contributed by atoms with E-state index in [9.17, 15) is 4.79 Å². The molecule has 0 aliphatic carbocycles. The van der Waals surface area contributed by atoms with E-state index in [0.717, 1.165) is 18.8 Å². The molecule has 2 N–H and O–H groups in total. The van der Waals surface area contributed by atoms with Crippen LogP contribution in [-0.2, 0) is 11.3 Å². The maximum atomic E-state index is 11.4. The van der Waals surface area contributed by atoms with Gasteiger partial charge in [-0.05, 0) is 6.07 Å². The van der Waals surface area contributed by atoms with Gasteiger partial charge in [-0.3, -0.25) is 4.79 Å². The standard InChI is InChI=1S/C9H12N4O/c14-9(7-3-11-4-7)12-5-8-1-2-10-6-13-8/h1-2,6-7,11H,3-5H2,(H,12,14). The van der Waals surface area contributed by atoms with Crippen LogP contribution in [0, 0.1) is 5.92 Å². The monoisotopic (exact) mass is 192 g/mol. The minimum Gasteiger partial charge on any atom is -0.350 e. The lowest BCUT2D eigenvalue weighted by molar-refractivity contribution is -0.126. The van der Waals surface area contributed by atoms with E-state index in [2.05, 4.69) is 20.6 Å². The summed E-state index contributed by atoms with van der Waals surface area (Å²) in [6, 6.07) is 1.79. The number of nitrogens with one attached hydrogen (secondary N) is 2. The molecule has 1 aliphatic heterocycles. The number of amides is 1. The summed E-state index contributed by atoms with van der Waals surface area (Å²) < 4.78 is 0. The maximum Gasteiger partial charge on any atom is 0.226 e. The fraction of sp³-hybridized carbons (Fsp3) is 0.444. The Labute approximate surface area is 82.0 Å². The molecular formula is C9H12N4O. The lowest BCUT2D eigenvalue weighted by Crippen LogP contribution is -2.50. The van der Waals surface area contributed by atoms with Gasteiger partial charge in [0.1, 0.15) is 6.33 Å². The zero-order valence-electron chi connectivity index (χ0n) is 7.73. The van der Waals surface area contributed by atoms with Crippen LogP contribution < -0.4 is 10.6 Å². The van der Waals surface area contributed by atoms with Crippen LogP contribution in [0.1, 0.15) is 5.69 Å². The first-order valence-electron chi connectivity index (χ1n) is 4.59. The Bertz CT molecular complexity index is 310. The van der Waals surface area contributed by atoms with Gasteiger partial charge < -0.3 is 10.6 Å². The van der Waals surface area contributed by atoms with Gasteiger partial charge in [0, 0.05) is 19.3 Å². The lowest BCUT2D eigenvalue weighted by Gasteiger charge is -2.25. The Morgan fingerprint density at radius 3 is 3.07 bits per heavy atom. The number of carbonyl (C=O) groups is 1. The maximum absolute atomic E-state index is 11.4. The number of carbonyl (C=O) groups excluding carboxylic acids is 1. The Hall–Kier alpha value is -1.49. The van der Waals surface area contributed by atoms with Crippen molar-refractivity contribution in [2.45, 2.75) is 6.54 Å². The van der Waals surface area contributed by atoms with Crippen molar-refractivity contribution in [3.05, 3.63) is 24.3 Å². The van der Waals surface area contributed by atoms with E-state index in [4.69, 9.17) is 0 Å². The molecule has 0 spiro atoms. The normalized spacial score (nSPS) is 16.0. The molecule has 2 heterocycles. The molecule has 1 saturated heterocycles. The lowest BCUT2D eigenvalue weighted by atomic mass is 10.0. The molecule has 1 aromatic heterocycles. The summed E-state index contributed by atoms with van der Waals surface area (Å²) in [6.07, 6.45) is 3.14. The molecule has 1 aromatic rings. The van der Waals surface area contributed by atoms with E-state index in [1.807, 2.05) is 0 Å². The summed E-state index contributed by atoms with van der Waals surface area (Å²) in [4.78, 5) is 19.2. The molecule has 1 aliphatic rings. The Balaban J connectivity index is 1.79. The summed E-state index contributed by atoms with van der Waals surface area (Å²) in [5.74, 6) is 0.235. The fourth-order valence-corrected chi connectivity index (χ4v) is 1.22. The first-order valence-corrected chi connectivity index (χ1v) is 4.59. The third-order valence-corrected chi connectivity index (χ3v) is 2.24. The molecular weight excluding hydrogens is 180 g/mol. The molecule has 0 aromatic carbocycles. The van der Waals surface area contributed by atoms with Crippen LogP contribution >= 0.6 is 0 Å². The molecule has 0 unspecified atom stereocenters. The second kappa shape index (κ2) is 4.15. The zero-order valence-corrected chi connectivity index (χ0v) is 7.73. The van der Waals surface area contributed by atoms with Crippen LogP contribution in [0.4, 0.5) is 0 Å². The van der Waals surface area contributed by atoms with Gasteiger partial charge in [0.15, 0.2) is 0 Å². The molecule has 14 heavy (non-hydrogen) atoms. The topological polar surface area (TPSA) is 66.9 Å². The third kappa shape index (κ3) is 2.05. The van der Waals surface area contributed by atoms with Crippen molar-refractivity contribution in [2.75, 3.05) is 13.1 Å². The smallest absolute Gasteiger partial charge is 0.226 e. The van der Waals surface area contributed by atoms with Crippen LogP contribution in [0.2, 0.25) is 0 Å². The molecule has 74 valence electrons. The quantitative estimate of drug-likeness (QED) is 0.665. The fourth-order valence-electron chi connectivity index (χ4n) is 1.22. The highest BCUT2D eigenvalue weighted by Crippen LogP contribution is 2.02. The van der Waals surface area contributed by atoms with Gasteiger partial charge in [-0.25, -0.2) is 9.97 Å². The van der Waals surface area contributed by atoms with Crippen LogP contribution in [0.25, 0.3) is 0 Å². The Morgan fingerprint density at radius 2 is 2.50 bits per heavy atom. The van der Waals surface area contributed by atoms with E-state index in [0.29, 0.717) is 6.54 Å². The SMILES string of the molecule is O=C(NCc1ccncn1)C1CNC1. The van der Waals surface area contributed by atoms with E-state index >= 15 is 0 Å².